The minimum absolute atomic E-state index is 0.373. The minimum Gasteiger partial charge on any atom is -0.466 e. The van der Waals surface area contributed by atoms with Crippen molar-refractivity contribution in [3.63, 3.8) is 0 Å². The summed E-state index contributed by atoms with van der Waals surface area (Å²) in [6.07, 6.45) is 4.59. The third kappa shape index (κ3) is 3.64. The van der Waals surface area contributed by atoms with E-state index >= 15 is 0 Å². The molecule has 1 aromatic rings. The molecule has 0 saturated heterocycles. The Morgan fingerprint density at radius 1 is 1.33 bits per heavy atom. The summed E-state index contributed by atoms with van der Waals surface area (Å²) in [6.45, 7) is 0. The van der Waals surface area contributed by atoms with Crippen molar-refractivity contribution in [3.05, 3.63) is 41.5 Å². The molecule has 0 spiro atoms. The molecule has 2 N–H and O–H groups in total. The topological polar surface area (TPSA) is 64.7 Å². The van der Waals surface area contributed by atoms with Gasteiger partial charge in [0.1, 0.15) is 0 Å². The van der Waals surface area contributed by atoms with Gasteiger partial charge in [-0.3, -0.25) is 0 Å². The Kier molecular flexibility index (Phi) is 4.09. The van der Waals surface area contributed by atoms with Gasteiger partial charge in [-0.15, -0.1) is 0 Å². The number of nitrogens with two attached hydrogens (primary N) is 1. The predicted molar refractivity (Wildman–Crippen MR) is 59.3 cm³/mol. The zero-order valence-corrected chi connectivity index (χ0v) is 8.38. The Bertz CT molecular complexity index is 380. The summed E-state index contributed by atoms with van der Waals surface area (Å²) in [7, 11) is 1.34. The molecule has 0 aromatic heterocycles. The van der Waals surface area contributed by atoms with Gasteiger partial charge < -0.3 is 10.6 Å². The van der Waals surface area contributed by atoms with E-state index in [1.54, 1.807) is 12.3 Å². The van der Waals surface area contributed by atoms with Crippen molar-refractivity contribution < 1.29 is 9.53 Å². The first-order valence-electron chi connectivity index (χ1n) is 4.35. The van der Waals surface area contributed by atoms with Crippen LogP contribution in [-0.4, -0.2) is 19.3 Å². The van der Waals surface area contributed by atoms with Crippen LogP contribution in [-0.2, 0) is 9.53 Å². The number of hydrogen-bond acceptors (Lipinski definition) is 4. The van der Waals surface area contributed by atoms with Gasteiger partial charge >= 0.3 is 5.97 Å². The maximum absolute atomic E-state index is 10.8. The Labute approximate surface area is 88.0 Å². The lowest BCUT2D eigenvalue weighted by atomic mass is 10.1. The molecule has 0 aliphatic carbocycles. The molecule has 0 saturated carbocycles. The highest BCUT2D eigenvalue weighted by Crippen LogP contribution is 2.04. The lowest BCUT2D eigenvalue weighted by Gasteiger charge is -1.94. The third-order valence-corrected chi connectivity index (χ3v) is 1.77. The van der Waals surface area contributed by atoms with Crippen LogP contribution >= 0.6 is 0 Å². The van der Waals surface area contributed by atoms with E-state index in [0.29, 0.717) is 0 Å². The monoisotopic (exact) mass is 204 g/mol. The van der Waals surface area contributed by atoms with Crippen LogP contribution in [0.2, 0.25) is 0 Å². The van der Waals surface area contributed by atoms with Gasteiger partial charge in [-0.25, -0.2) is 4.79 Å². The largest absolute Gasteiger partial charge is 0.466 e. The molecule has 0 bridgehead atoms. The van der Waals surface area contributed by atoms with Crippen LogP contribution in [0.5, 0.6) is 0 Å². The van der Waals surface area contributed by atoms with Gasteiger partial charge in [-0.1, -0.05) is 24.3 Å². The second kappa shape index (κ2) is 5.59. The van der Waals surface area contributed by atoms with Crippen molar-refractivity contribution in [2.75, 3.05) is 7.11 Å². The summed E-state index contributed by atoms with van der Waals surface area (Å²) in [5.41, 5.74) is 1.82. The van der Waals surface area contributed by atoms with Crippen LogP contribution in [0.15, 0.2) is 35.4 Å². The number of methoxy groups -OCH3 is 1. The van der Waals surface area contributed by atoms with Gasteiger partial charge in [0.25, 0.3) is 0 Å². The first-order valence-corrected chi connectivity index (χ1v) is 4.35. The SMILES string of the molecule is COC(=O)C=Cc1ccc(C=NN)cc1. The Morgan fingerprint density at radius 2 is 1.93 bits per heavy atom. The second-order valence-corrected chi connectivity index (χ2v) is 2.80. The first kappa shape index (κ1) is 11.0. The van der Waals surface area contributed by atoms with Crippen LogP contribution in [0.3, 0.4) is 0 Å². The lowest BCUT2D eigenvalue weighted by Crippen LogP contribution is -1.93. The molecule has 0 heterocycles. The van der Waals surface area contributed by atoms with Gasteiger partial charge in [0.05, 0.1) is 13.3 Å². The molecule has 0 fully saturated rings. The van der Waals surface area contributed by atoms with Crippen molar-refractivity contribution in [1.29, 1.82) is 0 Å². The number of hydrazone groups is 1. The van der Waals surface area contributed by atoms with Gasteiger partial charge in [0, 0.05) is 6.08 Å². The van der Waals surface area contributed by atoms with E-state index in [4.69, 9.17) is 5.84 Å². The molecular formula is C11H12N2O2. The molecule has 78 valence electrons. The number of benzene rings is 1. The van der Waals surface area contributed by atoms with Crippen molar-refractivity contribution >= 4 is 18.3 Å². The Hall–Kier alpha value is -2.10. The van der Waals surface area contributed by atoms with Crippen molar-refractivity contribution in [2.45, 2.75) is 0 Å². The van der Waals surface area contributed by atoms with Crippen LogP contribution in [0.4, 0.5) is 0 Å². The van der Waals surface area contributed by atoms with Gasteiger partial charge in [0.15, 0.2) is 0 Å². The number of hydrogen-bond donors (Lipinski definition) is 1. The van der Waals surface area contributed by atoms with E-state index in [9.17, 15) is 4.79 Å². The molecule has 1 rings (SSSR count). The fraction of sp³-hybridized carbons (Fsp3) is 0.0909. The smallest absolute Gasteiger partial charge is 0.330 e. The lowest BCUT2D eigenvalue weighted by molar-refractivity contribution is -0.134. The second-order valence-electron chi connectivity index (χ2n) is 2.80. The molecule has 0 amide bonds. The van der Waals surface area contributed by atoms with Crippen LogP contribution in [0, 0.1) is 0 Å². The fourth-order valence-corrected chi connectivity index (χ4v) is 1.01. The zero-order valence-electron chi connectivity index (χ0n) is 8.38. The van der Waals surface area contributed by atoms with Crippen LogP contribution in [0.1, 0.15) is 11.1 Å². The van der Waals surface area contributed by atoms with E-state index < -0.39 is 0 Å². The van der Waals surface area contributed by atoms with Gasteiger partial charge in [0.2, 0.25) is 0 Å². The maximum atomic E-state index is 10.8. The highest BCUT2D eigenvalue weighted by molar-refractivity contribution is 5.87. The van der Waals surface area contributed by atoms with Crippen LogP contribution in [0.25, 0.3) is 6.08 Å². The number of nitrogens with zero attached hydrogens (tertiary/aromatic N) is 1. The van der Waals surface area contributed by atoms with Crippen LogP contribution < -0.4 is 5.84 Å². The summed E-state index contributed by atoms with van der Waals surface area (Å²) in [6, 6.07) is 7.42. The molecule has 0 unspecified atom stereocenters. The molecule has 0 radical (unpaired) electrons. The number of carbonyl (C=O) groups excluding carboxylic acids is 1. The van der Waals surface area contributed by atoms with Gasteiger partial charge in [-0.05, 0) is 17.2 Å². The quantitative estimate of drug-likeness (QED) is 0.264. The molecule has 4 nitrogen and oxygen atoms in total. The third-order valence-electron chi connectivity index (χ3n) is 1.77. The summed E-state index contributed by atoms with van der Waals surface area (Å²) in [5.74, 6) is 4.64. The minimum atomic E-state index is -0.373. The molecule has 15 heavy (non-hydrogen) atoms. The van der Waals surface area contributed by atoms with E-state index in [1.807, 2.05) is 24.3 Å². The van der Waals surface area contributed by atoms with E-state index in [-0.39, 0.29) is 5.97 Å². The number of carbonyl (C=O) groups is 1. The Morgan fingerprint density at radius 3 is 2.47 bits per heavy atom. The highest BCUT2D eigenvalue weighted by atomic mass is 16.5. The fourth-order valence-electron chi connectivity index (χ4n) is 1.01. The molecule has 4 heteroatoms. The van der Waals surface area contributed by atoms with Crippen molar-refractivity contribution in [2.24, 2.45) is 10.9 Å². The summed E-state index contributed by atoms with van der Waals surface area (Å²) in [4.78, 5) is 10.8. The molecule has 1 aromatic carbocycles. The Balaban J connectivity index is 2.72. The summed E-state index contributed by atoms with van der Waals surface area (Å²) in [5, 5.41) is 3.41. The number of rotatable bonds is 3. The van der Waals surface area contributed by atoms with E-state index in [0.717, 1.165) is 11.1 Å². The predicted octanol–water partition coefficient (Wildman–Crippen LogP) is 1.17. The summed E-state index contributed by atoms with van der Waals surface area (Å²) < 4.78 is 4.47. The molecule has 0 aliphatic heterocycles. The standard InChI is InChI=1S/C11H12N2O2/c1-15-11(14)7-6-9-2-4-10(5-3-9)8-13-12/h2-8H,12H2,1H3. The highest BCUT2D eigenvalue weighted by Gasteiger charge is 1.92. The molecular weight excluding hydrogens is 192 g/mol. The van der Waals surface area contributed by atoms with Gasteiger partial charge in [-0.2, -0.15) is 5.10 Å². The number of esters is 1. The average molecular weight is 204 g/mol. The van der Waals surface area contributed by atoms with Crippen molar-refractivity contribution in [3.8, 4) is 0 Å². The summed E-state index contributed by atoms with van der Waals surface area (Å²) >= 11 is 0. The molecule has 0 aliphatic rings. The zero-order chi connectivity index (χ0) is 11.1. The number of ether oxygens (including phenoxy) is 1. The van der Waals surface area contributed by atoms with Crippen molar-refractivity contribution in [1.82, 2.24) is 0 Å². The van der Waals surface area contributed by atoms with E-state index in [2.05, 4.69) is 9.84 Å². The molecule has 0 atom stereocenters. The maximum Gasteiger partial charge on any atom is 0.330 e. The normalized spacial score (nSPS) is 11.0. The first-order chi connectivity index (χ1) is 7.26. The average Bonchev–Trinajstić information content (AvgIpc) is 2.28. The van der Waals surface area contributed by atoms with E-state index in [1.165, 1.54) is 13.2 Å².